The predicted molar refractivity (Wildman–Crippen MR) is 80.5 cm³/mol. The summed E-state index contributed by atoms with van der Waals surface area (Å²) in [5, 5.41) is 13.1. The highest BCUT2D eigenvalue weighted by Gasteiger charge is 2.16. The van der Waals surface area contributed by atoms with Crippen LogP contribution in [0.2, 0.25) is 5.02 Å². The molecule has 0 spiro atoms. The van der Waals surface area contributed by atoms with Gasteiger partial charge in [-0.05, 0) is 46.5 Å². The molecule has 0 aliphatic carbocycles. The van der Waals surface area contributed by atoms with Crippen molar-refractivity contribution >= 4 is 33.0 Å². The van der Waals surface area contributed by atoms with E-state index in [9.17, 15) is 8.42 Å². The molecule has 0 aliphatic rings. The molecule has 0 fully saturated rings. The highest BCUT2D eigenvalue weighted by atomic mass is 35.5. The van der Waals surface area contributed by atoms with Crippen molar-refractivity contribution in [1.82, 2.24) is 4.72 Å². The van der Waals surface area contributed by atoms with Crippen molar-refractivity contribution in [3.63, 3.8) is 0 Å². The van der Waals surface area contributed by atoms with E-state index in [-0.39, 0.29) is 23.1 Å². The molecule has 0 bridgehead atoms. The zero-order chi connectivity index (χ0) is 14.8. The van der Waals surface area contributed by atoms with Gasteiger partial charge in [-0.25, -0.2) is 13.1 Å². The molecule has 7 heteroatoms. The lowest BCUT2D eigenvalue weighted by molar-refractivity contribution is 0.282. The maximum absolute atomic E-state index is 12.2. The Morgan fingerprint density at radius 3 is 2.60 bits per heavy atom. The molecule has 0 unspecified atom stereocenters. The number of hydrogen-bond donors (Lipinski definition) is 2. The van der Waals surface area contributed by atoms with E-state index >= 15 is 0 Å². The number of benzene rings is 1. The van der Waals surface area contributed by atoms with E-state index in [0.717, 1.165) is 11.1 Å². The first kappa shape index (κ1) is 15.5. The number of aliphatic hydroxyl groups is 1. The third-order valence-electron chi connectivity index (χ3n) is 2.92. The summed E-state index contributed by atoms with van der Waals surface area (Å²) in [5.74, 6) is 0. The fourth-order valence-electron chi connectivity index (χ4n) is 1.65. The smallest absolute Gasteiger partial charge is 0.240 e. The van der Waals surface area contributed by atoms with E-state index in [4.69, 9.17) is 16.7 Å². The number of sulfonamides is 1. The maximum Gasteiger partial charge on any atom is 0.240 e. The van der Waals surface area contributed by atoms with Gasteiger partial charge in [0.05, 0.1) is 11.5 Å². The van der Waals surface area contributed by atoms with Crippen molar-refractivity contribution in [2.24, 2.45) is 0 Å². The average molecular weight is 332 g/mol. The zero-order valence-electron chi connectivity index (χ0n) is 10.8. The van der Waals surface area contributed by atoms with Crippen LogP contribution in [0.1, 0.15) is 16.7 Å². The molecule has 20 heavy (non-hydrogen) atoms. The fourth-order valence-corrected chi connectivity index (χ4v) is 3.84. The second-order valence-electron chi connectivity index (χ2n) is 4.32. The van der Waals surface area contributed by atoms with Crippen molar-refractivity contribution < 1.29 is 13.5 Å². The molecular weight excluding hydrogens is 318 g/mol. The summed E-state index contributed by atoms with van der Waals surface area (Å²) in [6.45, 7) is 1.96. The molecule has 0 saturated heterocycles. The number of rotatable bonds is 5. The van der Waals surface area contributed by atoms with E-state index in [1.54, 1.807) is 0 Å². The number of nitrogens with one attached hydrogen (secondary N) is 1. The van der Waals surface area contributed by atoms with Crippen LogP contribution < -0.4 is 4.72 Å². The third kappa shape index (κ3) is 3.39. The molecule has 108 valence electrons. The molecule has 2 aromatic rings. The lowest BCUT2D eigenvalue weighted by atomic mass is 10.2. The Hall–Kier alpha value is -0.920. The number of aryl methyl sites for hydroxylation is 1. The van der Waals surface area contributed by atoms with Crippen molar-refractivity contribution in [3.8, 4) is 0 Å². The summed E-state index contributed by atoms with van der Waals surface area (Å²) in [5.41, 5.74) is 2.52. The van der Waals surface area contributed by atoms with Gasteiger partial charge in [-0.3, -0.25) is 0 Å². The largest absolute Gasteiger partial charge is 0.392 e. The van der Waals surface area contributed by atoms with E-state index in [1.807, 2.05) is 17.7 Å². The van der Waals surface area contributed by atoms with Crippen molar-refractivity contribution in [2.45, 2.75) is 25.0 Å². The van der Waals surface area contributed by atoms with Crippen LogP contribution in [0.15, 0.2) is 33.9 Å². The van der Waals surface area contributed by atoms with Crippen LogP contribution in [0.3, 0.4) is 0 Å². The van der Waals surface area contributed by atoms with E-state index in [1.165, 1.54) is 29.5 Å². The SMILES string of the molecule is Cc1cscc1CNS(=O)(=O)c1ccc(CO)c(Cl)c1. The summed E-state index contributed by atoms with van der Waals surface area (Å²) >= 11 is 7.45. The Balaban J connectivity index is 2.18. The molecule has 0 amide bonds. The molecule has 4 nitrogen and oxygen atoms in total. The van der Waals surface area contributed by atoms with Crippen LogP contribution in [0.4, 0.5) is 0 Å². The van der Waals surface area contributed by atoms with Crippen LogP contribution in [0.25, 0.3) is 0 Å². The summed E-state index contributed by atoms with van der Waals surface area (Å²) in [6.07, 6.45) is 0. The second kappa shape index (κ2) is 6.24. The highest BCUT2D eigenvalue weighted by Crippen LogP contribution is 2.21. The lowest BCUT2D eigenvalue weighted by Gasteiger charge is -2.08. The van der Waals surface area contributed by atoms with E-state index in [0.29, 0.717) is 5.56 Å². The number of thiophene rings is 1. The second-order valence-corrected chi connectivity index (χ2v) is 7.23. The quantitative estimate of drug-likeness (QED) is 0.885. The fraction of sp³-hybridized carbons (Fsp3) is 0.231. The van der Waals surface area contributed by atoms with Crippen LogP contribution in [-0.4, -0.2) is 13.5 Å². The molecule has 1 heterocycles. The third-order valence-corrected chi connectivity index (χ3v) is 5.58. The molecular formula is C13H14ClNO3S2. The standard InChI is InChI=1S/C13H14ClNO3S2/c1-9-7-19-8-11(9)5-15-20(17,18)12-3-2-10(6-16)13(14)4-12/h2-4,7-8,15-16H,5-6H2,1H3. The molecule has 2 rings (SSSR count). The predicted octanol–water partition coefficient (Wildman–Crippen LogP) is 2.68. The molecule has 0 radical (unpaired) electrons. The van der Waals surface area contributed by atoms with Crippen LogP contribution in [-0.2, 0) is 23.2 Å². The van der Waals surface area contributed by atoms with Gasteiger partial charge in [0, 0.05) is 11.6 Å². The highest BCUT2D eigenvalue weighted by molar-refractivity contribution is 7.89. The normalized spacial score (nSPS) is 11.8. The van der Waals surface area contributed by atoms with Gasteiger partial charge in [-0.2, -0.15) is 11.3 Å². The lowest BCUT2D eigenvalue weighted by Crippen LogP contribution is -2.23. The topological polar surface area (TPSA) is 66.4 Å². The van der Waals surface area contributed by atoms with Crippen LogP contribution in [0, 0.1) is 6.92 Å². The Morgan fingerprint density at radius 1 is 1.30 bits per heavy atom. The summed E-state index contributed by atoms with van der Waals surface area (Å²) < 4.78 is 26.9. The average Bonchev–Trinajstić information content (AvgIpc) is 2.82. The van der Waals surface area contributed by atoms with Gasteiger partial charge in [0.2, 0.25) is 10.0 Å². The first-order chi connectivity index (χ1) is 9.44. The summed E-state index contributed by atoms with van der Waals surface area (Å²) in [7, 11) is -3.61. The summed E-state index contributed by atoms with van der Waals surface area (Å²) in [6, 6.07) is 4.28. The van der Waals surface area contributed by atoms with Gasteiger partial charge in [0.1, 0.15) is 0 Å². The van der Waals surface area contributed by atoms with Crippen LogP contribution in [0.5, 0.6) is 0 Å². The Morgan fingerprint density at radius 2 is 2.05 bits per heavy atom. The summed E-state index contributed by atoms with van der Waals surface area (Å²) in [4.78, 5) is 0.0904. The van der Waals surface area contributed by atoms with Gasteiger partial charge in [0.15, 0.2) is 0 Å². The van der Waals surface area contributed by atoms with Gasteiger partial charge >= 0.3 is 0 Å². The minimum Gasteiger partial charge on any atom is -0.392 e. The van der Waals surface area contributed by atoms with Crippen molar-refractivity contribution in [1.29, 1.82) is 0 Å². The van der Waals surface area contributed by atoms with Crippen molar-refractivity contribution in [2.75, 3.05) is 0 Å². The monoisotopic (exact) mass is 331 g/mol. The maximum atomic E-state index is 12.2. The first-order valence-corrected chi connectivity index (χ1v) is 8.65. The van der Waals surface area contributed by atoms with E-state index in [2.05, 4.69) is 4.72 Å². The Bertz CT molecular complexity index is 710. The number of hydrogen-bond acceptors (Lipinski definition) is 4. The molecule has 1 aromatic carbocycles. The Labute approximate surface area is 127 Å². The van der Waals surface area contributed by atoms with Gasteiger partial charge in [-0.15, -0.1) is 0 Å². The first-order valence-electron chi connectivity index (χ1n) is 5.84. The number of aliphatic hydroxyl groups excluding tert-OH is 1. The molecule has 0 saturated carbocycles. The van der Waals surface area contributed by atoms with Crippen molar-refractivity contribution in [3.05, 3.63) is 50.7 Å². The molecule has 2 N–H and O–H groups in total. The molecule has 0 aliphatic heterocycles. The van der Waals surface area contributed by atoms with Gasteiger partial charge in [0.25, 0.3) is 0 Å². The minimum atomic E-state index is -3.61. The Kier molecular flexibility index (Phi) is 4.82. The number of halogens is 1. The zero-order valence-corrected chi connectivity index (χ0v) is 13.1. The van der Waals surface area contributed by atoms with Gasteiger partial charge < -0.3 is 5.11 Å². The van der Waals surface area contributed by atoms with E-state index < -0.39 is 10.0 Å². The van der Waals surface area contributed by atoms with Crippen LogP contribution >= 0.6 is 22.9 Å². The minimum absolute atomic E-state index is 0.0904. The van der Waals surface area contributed by atoms with Gasteiger partial charge in [-0.1, -0.05) is 17.7 Å². The molecule has 0 atom stereocenters. The molecule has 1 aromatic heterocycles.